The van der Waals surface area contributed by atoms with Crippen LogP contribution in [-0.2, 0) is 38.1 Å². The van der Waals surface area contributed by atoms with E-state index in [0.29, 0.717) is 11.4 Å². The fourth-order valence-corrected chi connectivity index (χ4v) is 5.39. The van der Waals surface area contributed by atoms with Crippen molar-refractivity contribution in [2.75, 3.05) is 19.6 Å². The molecule has 0 N–H and O–H groups in total. The normalized spacial score (nSPS) is 14.4. The maximum absolute atomic E-state index is 14.3. The summed E-state index contributed by atoms with van der Waals surface area (Å²) in [5.41, 5.74) is 5.77. The molecule has 0 spiro atoms. The van der Waals surface area contributed by atoms with Gasteiger partial charge in [-0.1, -0.05) is 83.5 Å². The minimum atomic E-state index is -4.54. The maximum Gasteiger partial charge on any atom is 4.00 e. The van der Waals surface area contributed by atoms with Crippen molar-refractivity contribution in [3.05, 3.63) is 140 Å². The standard InChI is InChI=1S/C37H36F3N4.CN.Pt/c1-35(2,3)26-11-15-29(16-12-26)41-19-20-42(24-41)31-21-28(37(38,39)40)22-32(23-31)44-25-43(33-9-7-8-10-34(33)44)30-17-13-27(14-18-30)36(4,5)6;1-2;/h7-22,24-25H,1-6H3;;/q-3;-1;+4. The topological polar surface area (TPSA) is 36.8 Å². The van der Waals surface area contributed by atoms with Crippen molar-refractivity contribution in [2.45, 2.75) is 58.5 Å². The Morgan fingerprint density at radius 3 is 1.57 bits per heavy atom. The van der Waals surface area contributed by atoms with Gasteiger partial charge < -0.3 is 31.4 Å². The first-order valence-electron chi connectivity index (χ1n) is 14.9. The number of fused-ring (bicyclic) bond motifs is 1. The first-order valence-corrected chi connectivity index (χ1v) is 14.9. The quantitative estimate of drug-likeness (QED) is 0.192. The van der Waals surface area contributed by atoms with Crippen LogP contribution in [0.25, 0.3) is 0 Å². The largest absolute Gasteiger partial charge is 4.00 e. The van der Waals surface area contributed by atoms with Crippen LogP contribution in [0.2, 0.25) is 0 Å². The van der Waals surface area contributed by atoms with E-state index in [1.807, 2.05) is 71.2 Å². The molecule has 0 saturated heterocycles. The van der Waals surface area contributed by atoms with Gasteiger partial charge in [-0.2, -0.15) is 13.2 Å². The van der Waals surface area contributed by atoms with Crippen LogP contribution < -0.4 is 19.6 Å². The van der Waals surface area contributed by atoms with E-state index in [0.717, 1.165) is 34.9 Å². The maximum atomic E-state index is 14.3. The van der Waals surface area contributed by atoms with Gasteiger partial charge in [0, 0.05) is 22.7 Å². The number of halogens is 3. The fourth-order valence-electron chi connectivity index (χ4n) is 5.39. The number of nitrogens with zero attached hydrogens (tertiary/aromatic N) is 5. The number of benzene rings is 4. The van der Waals surface area contributed by atoms with Crippen LogP contribution in [0, 0.1) is 31.2 Å². The molecule has 0 aliphatic carbocycles. The van der Waals surface area contributed by atoms with Crippen LogP contribution in [0.15, 0.2) is 97.3 Å². The zero-order chi connectivity index (χ0) is 33.4. The average molecular weight is 815 g/mol. The van der Waals surface area contributed by atoms with Gasteiger partial charge >= 0.3 is 27.2 Å². The molecule has 2 aliphatic heterocycles. The van der Waals surface area contributed by atoms with E-state index in [2.05, 4.69) is 71.9 Å². The van der Waals surface area contributed by atoms with Crippen molar-refractivity contribution in [1.29, 1.82) is 5.26 Å². The number of hydrogen-bond donors (Lipinski definition) is 0. The Labute approximate surface area is 290 Å². The first-order chi connectivity index (χ1) is 21.7. The minimum absolute atomic E-state index is 0. The summed E-state index contributed by atoms with van der Waals surface area (Å²) in [5.74, 6) is 0. The molecular weight excluding hydrogens is 779 g/mol. The third-order valence-corrected chi connectivity index (χ3v) is 8.02. The van der Waals surface area contributed by atoms with Crippen molar-refractivity contribution < 1.29 is 34.2 Å². The zero-order valence-electron chi connectivity index (χ0n) is 27.1. The molecule has 6 rings (SSSR count). The molecule has 4 aromatic carbocycles. The average Bonchev–Trinajstić information content (AvgIpc) is 3.67. The molecule has 0 unspecified atom stereocenters. The van der Waals surface area contributed by atoms with Crippen molar-refractivity contribution in [1.82, 2.24) is 0 Å². The Hall–Kier alpha value is -4.21. The molecular formula is C38H36F3N5Pt. The summed E-state index contributed by atoms with van der Waals surface area (Å²) < 4.78 is 42.8. The predicted octanol–water partition coefficient (Wildman–Crippen LogP) is 10.5. The molecule has 0 amide bonds. The fraction of sp³-hybridized carbons (Fsp3) is 0.237. The summed E-state index contributed by atoms with van der Waals surface area (Å²) in [6.07, 6.45) is -0.954. The van der Waals surface area contributed by atoms with Gasteiger partial charge in [-0.3, -0.25) is 0 Å². The van der Waals surface area contributed by atoms with Gasteiger partial charge in [0.1, 0.15) is 0 Å². The van der Waals surface area contributed by atoms with E-state index in [1.54, 1.807) is 22.7 Å². The van der Waals surface area contributed by atoms with Crippen LogP contribution in [-0.4, -0.2) is 0 Å². The second kappa shape index (κ2) is 13.5. The monoisotopic (exact) mass is 814 g/mol. The summed E-state index contributed by atoms with van der Waals surface area (Å²) in [4.78, 5) is 7.33. The first kappa shape index (κ1) is 35.6. The SMILES string of the molecule is CC(C)(C)c1ccc(N2C=CN(c3[c-]c(N4[CH-]N(c5ccc(C(C)(C)C)cc5)c5ccccc54)cc(C(F)(F)F)c3)[CH-]2)cc1.[C-]#N.[Pt+4]. The third kappa shape index (κ3) is 7.52. The van der Waals surface area contributed by atoms with E-state index in [4.69, 9.17) is 11.8 Å². The van der Waals surface area contributed by atoms with E-state index in [9.17, 15) is 13.2 Å². The van der Waals surface area contributed by atoms with E-state index < -0.39 is 11.7 Å². The molecule has 0 saturated carbocycles. The third-order valence-electron chi connectivity index (χ3n) is 8.02. The van der Waals surface area contributed by atoms with Crippen LogP contribution in [0.5, 0.6) is 0 Å². The van der Waals surface area contributed by atoms with Gasteiger partial charge in [-0.25, -0.2) is 0 Å². The number of hydrogen-bond acceptors (Lipinski definition) is 5. The summed E-state index contributed by atoms with van der Waals surface area (Å²) in [7, 11) is 0. The van der Waals surface area contributed by atoms with E-state index in [-0.39, 0.29) is 31.9 Å². The Morgan fingerprint density at radius 2 is 1.06 bits per heavy atom. The molecule has 0 bridgehead atoms. The molecule has 0 radical (unpaired) electrons. The van der Waals surface area contributed by atoms with Gasteiger partial charge in [0.25, 0.3) is 0 Å². The van der Waals surface area contributed by atoms with Gasteiger partial charge in [0.05, 0.1) is 0 Å². The van der Waals surface area contributed by atoms with Gasteiger partial charge in [0.2, 0.25) is 0 Å². The second-order valence-corrected chi connectivity index (χ2v) is 13.3. The molecule has 47 heavy (non-hydrogen) atoms. The zero-order valence-corrected chi connectivity index (χ0v) is 29.4. The van der Waals surface area contributed by atoms with Crippen LogP contribution in [0.1, 0.15) is 58.2 Å². The number of alkyl halides is 3. The molecule has 5 nitrogen and oxygen atoms in total. The molecule has 2 aliphatic rings. The summed E-state index contributed by atoms with van der Waals surface area (Å²) >= 11 is 0. The number of anilines is 6. The Kier molecular flexibility index (Phi) is 10.2. The molecule has 0 fully saturated rings. The molecule has 2 heterocycles. The van der Waals surface area contributed by atoms with E-state index in [1.165, 1.54) is 11.1 Å². The van der Waals surface area contributed by atoms with Gasteiger partial charge in [-0.15, -0.1) is 42.9 Å². The van der Waals surface area contributed by atoms with Crippen LogP contribution >= 0.6 is 0 Å². The predicted molar refractivity (Wildman–Crippen MR) is 179 cm³/mol. The molecule has 4 aromatic rings. The van der Waals surface area contributed by atoms with Crippen LogP contribution in [0.3, 0.4) is 0 Å². The summed E-state index contributed by atoms with van der Waals surface area (Å²) in [6.45, 7) is 21.3. The Bertz CT molecular complexity index is 1730. The minimum Gasteiger partial charge on any atom is -0.512 e. The Morgan fingerprint density at radius 1 is 0.596 bits per heavy atom. The van der Waals surface area contributed by atoms with Crippen molar-refractivity contribution in [3.8, 4) is 0 Å². The molecule has 244 valence electrons. The second-order valence-electron chi connectivity index (χ2n) is 13.3. The van der Waals surface area contributed by atoms with E-state index >= 15 is 0 Å². The van der Waals surface area contributed by atoms with Gasteiger partial charge in [0.15, 0.2) is 0 Å². The number of para-hydroxylation sites is 2. The summed E-state index contributed by atoms with van der Waals surface area (Å²) in [5, 5.41) is 6.25. The van der Waals surface area contributed by atoms with Crippen LogP contribution in [0.4, 0.5) is 47.3 Å². The molecule has 0 atom stereocenters. The van der Waals surface area contributed by atoms with Crippen molar-refractivity contribution >= 4 is 34.1 Å². The Balaban J connectivity index is 0.00000164. The molecule has 9 heteroatoms. The van der Waals surface area contributed by atoms with Gasteiger partial charge in [-0.05, 0) is 70.8 Å². The summed E-state index contributed by atoms with van der Waals surface area (Å²) in [6, 6.07) is 29.8. The van der Waals surface area contributed by atoms with Crippen molar-refractivity contribution in [2.24, 2.45) is 0 Å². The smallest absolute Gasteiger partial charge is 0.512 e. The molecule has 0 aromatic heterocycles. The van der Waals surface area contributed by atoms with Crippen molar-refractivity contribution in [3.63, 3.8) is 0 Å². The number of rotatable bonds is 4.